The fourth-order valence-electron chi connectivity index (χ4n) is 2.46. The maximum absolute atomic E-state index is 12.1. The number of aryl methyl sites for hydroxylation is 3. The van der Waals surface area contributed by atoms with Gasteiger partial charge in [0.1, 0.15) is 0 Å². The summed E-state index contributed by atoms with van der Waals surface area (Å²) in [7, 11) is 0. The molecule has 3 nitrogen and oxygen atoms in total. The summed E-state index contributed by atoms with van der Waals surface area (Å²) in [6.45, 7) is 6.17. The number of thiazole rings is 1. The van der Waals surface area contributed by atoms with Crippen molar-refractivity contribution in [3.63, 3.8) is 0 Å². The van der Waals surface area contributed by atoms with Crippen LogP contribution in [0.4, 0.5) is 5.13 Å². The molecule has 0 aliphatic heterocycles. The Hall–Kier alpha value is -2.72. The van der Waals surface area contributed by atoms with Gasteiger partial charge in [0, 0.05) is 17.0 Å². The summed E-state index contributed by atoms with van der Waals surface area (Å²) in [5, 5.41) is 5.41. The SMILES string of the molecule is Cc1ccc(/C=C/C(=O)Nc2nc(-c3cc(C)ccc3C)cs2)cc1. The molecule has 0 fully saturated rings. The van der Waals surface area contributed by atoms with Gasteiger partial charge in [-0.3, -0.25) is 10.1 Å². The fourth-order valence-corrected chi connectivity index (χ4v) is 3.18. The van der Waals surface area contributed by atoms with Gasteiger partial charge < -0.3 is 0 Å². The van der Waals surface area contributed by atoms with Crippen molar-refractivity contribution >= 4 is 28.5 Å². The Bertz CT molecular complexity index is 923. The van der Waals surface area contributed by atoms with E-state index in [0.29, 0.717) is 5.13 Å². The van der Waals surface area contributed by atoms with Crippen molar-refractivity contribution in [2.45, 2.75) is 20.8 Å². The predicted molar refractivity (Wildman–Crippen MR) is 106 cm³/mol. The predicted octanol–water partition coefficient (Wildman–Crippen LogP) is 5.39. The lowest BCUT2D eigenvalue weighted by atomic mass is 10.0. The van der Waals surface area contributed by atoms with E-state index in [-0.39, 0.29) is 5.91 Å². The summed E-state index contributed by atoms with van der Waals surface area (Å²) in [5.41, 5.74) is 6.56. The average molecular weight is 348 g/mol. The number of amides is 1. The number of anilines is 1. The molecule has 3 rings (SSSR count). The summed E-state index contributed by atoms with van der Waals surface area (Å²) in [6.07, 6.45) is 3.33. The van der Waals surface area contributed by atoms with Crippen LogP contribution in [0.3, 0.4) is 0 Å². The second kappa shape index (κ2) is 7.45. The molecular weight excluding hydrogens is 328 g/mol. The van der Waals surface area contributed by atoms with Gasteiger partial charge in [0.2, 0.25) is 5.91 Å². The molecule has 1 heterocycles. The number of benzene rings is 2. The molecule has 0 saturated carbocycles. The zero-order chi connectivity index (χ0) is 17.8. The molecule has 0 saturated heterocycles. The number of nitrogens with one attached hydrogen (secondary N) is 1. The molecule has 1 amide bonds. The van der Waals surface area contributed by atoms with Crippen LogP contribution in [0.25, 0.3) is 17.3 Å². The highest BCUT2D eigenvalue weighted by molar-refractivity contribution is 7.14. The van der Waals surface area contributed by atoms with Gasteiger partial charge in [0.25, 0.3) is 0 Å². The first-order valence-electron chi connectivity index (χ1n) is 8.10. The van der Waals surface area contributed by atoms with Crippen LogP contribution < -0.4 is 5.32 Å². The van der Waals surface area contributed by atoms with E-state index in [4.69, 9.17) is 0 Å². The first-order chi connectivity index (χ1) is 12.0. The Morgan fingerprint density at radius 1 is 1.04 bits per heavy atom. The Morgan fingerprint density at radius 2 is 1.76 bits per heavy atom. The summed E-state index contributed by atoms with van der Waals surface area (Å²) in [6, 6.07) is 14.3. The maximum Gasteiger partial charge on any atom is 0.250 e. The zero-order valence-electron chi connectivity index (χ0n) is 14.5. The number of carbonyl (C=O) groups excluding carboxylic acids is 1. The molecule has 1 aromatic heterocycles. The van der Waals surface area contributed by atoms with Crippen molar-refractivity contribution in [3.05, 3.63) is 76.2 Å². The molecule has 0 unspecified atom stereocenters. The minimum Gasteiger partial charge on any atom is -0.298 e. The normalized spacial score (nSPS) is 11.0. The van der Waals surface area contributed by atoms with Crippen LogP contribution in [0.5, 0.6) is 0 Å². The van der Waals surface area contributed by atoms with Crippen molar-refractivity contribution in [2.24, 2.45) is 0 Å². The van der Waals surface area contributed by atoms with Crippen molar-refractivity contribution in [1.29, 1.82) is 0 Å². The monoisotopic (exact) mass is 348 g/mol. The lowest BCUT2D eigenvalue weighted by Gasteiger charge is -2.03. The maximum atomic E-state index is 12.1. The molecule has 4 heteroatoms. The van der Waals surface area contributed by atoms with E-state index in [2.05, 4.69) is 42.3 Å². The second-order valence-electron chi connectivity index (χ2n) is 6.09. The lowest BCUT2D eigenvalue weighted by Crippen LogP contribution is -2.07. The van der Waals surface area contributed by atoms with Gasteiger partial charge >= 0.3 is 0 Å². The highest BCUT2D eigenvalue weighted by Crippen LogP contribution is 2.28. The number of aromatic nitrogens is 1. The summed E-state index contributed by atoms with van der Waals surface area (Å²) in [5.74, 6) is -0.178. The molecule has 0 spiro atoms. The number of carbonyl (C=O) groups is 1. The number of nitrogens with zero attached hydrogens (tertiary/aromatic N) is 1. The van der Waals surface area contributed by atoms with Gasteiger partial charge in [0.15, 0.2) is 5.13 Å². The Kier molecular flexibility index (Phi) is 5.10. The standard InChI is InChI=1S/C21H20N2OS/c1-14-5-8-17(9-6-14)10-11-20(24)23-21-22-19(13-25-21)18-12-15(2)4-7-16(18)3/h4-13H,1-3H3,(H,22,23,24)/b11-10+. The molecule has 0 aliphatic rings. The number of hydrogen-bond acceptors (Lipinski definition) is 3. The van der Waals surface area contributed by atoms with Gasteiger partial charge in [0.05, 0.1) is 5.69 Å². The van der Waals surface area contributed by atoms with Crippen LogP contribution in [0.2, 0.25) is 0 Å². The molecule has 0 radical (unpaired) electrons. The first kappa shape index (κ1) is 17.1. The van der Waals surface area contributed by atoms with Gasteiger partial charge in [-0.15, -0.1) is 11.3 Å². The molecule has 2 aromatic carbocycles. The van der Waals surface area contributed by atoms with E-state index >= 15 is 0 Å². The Labute approximate surface area is 152 Å². The van der Waals surface area contributed by atoms with E-state index in [1.807, 2.05) is 36.6 Å². The minimum atomic E-state index is -0.178. The third kappa shape index (κ3) is 4.43. The van der Waals surface area contributed by atoms with Crippen molar-refractivity contribution in [1.82, 2.24) is 4.98 Å². The van der Waals surface area contributed by atoms with Gasteiger partial charge in [-0.05, 0) is 44.0 Å². The van der Waals surface area contributed by atoms with E-state index in [0.717, 1.165) is 16.8 Å². The highest BCUT2D eigenvalue weighted by Gasteiger charge is 2.08. The molecule has 0 atom stereocenters. The van der Waals surface area contributed by atoms with Crippen LogP contribution in [-0.4, -0.2) is 10.9 Å². The molecule has 0 bridgehead atoms. The largest absolute Gasteiger partial charge is 0.298 e. The minimum absolute atomic E-state index is 0.178. The third-order valence-corrected chi connectivity index (χ3v) is 4.67. The summed E-state index contributed by atoms with van der Waals surface area (Å²) < 4.78 is 0. The molecule has 25 heavy (non-hydrogen) atoms. The highest BCUT2D eigenvalue weighted by atomic mass is 32.1. The Balaban J connectivity index is 1.69. The molecule has 1 N–H and O–H groups in total. The van der Waals surface area contributed by atoms with Crippen LogP contribution in [0.1, 0.15) is 22.3 Å². The fraction of sp³-hybridized carbons (Fsp3) is 0.143. The Morgan fingerprint density at radius 3 is 2.52 bits per heavy atom. The molecule has 3 aromatic rings. The first-order valence-corrected chi connectivity index (χ1v) is 8.98. The van der Waals surface area contributed by atoms with E-state index in [1.54, 1.807) is 6.08 Å². The summed E-state index contributed by atoms with van der Waals surface area (Å²) >= 11 is 1.43. The third-order valence-electron chi connectivity index (χ3n) is 3.91. The van der Waals surface area contributed by atoms with Gasteiger partial charge in [-0.1, -0.05) is 47.5 Å². The smallest absolute Gasteiger partial charge is 0.250 e. The second-order valence-corrected chi connectivity index (χ2v) is 6.95. The quantitative estimate of drug-likeness (QED) is 0.643. The van der Waals surface area contributed by atoms with Crippen molar-refractivity contribution in [3.8, 4) is 11.3 Å². The van der Waals surface area contributed by atoms with Crippen molar-refractivity contribution in [2.75, 3.05) is 5.32 Å². The topological polar surface area (TPSA) is 42.0 Å². The van der Waals surface area contributed by atoms with Gasteiger partial charge in [-0.25, -0.2) is 4.98 Å². The molecular formula is C21H20N2OS. The van der Waals surface area contributed by atoms with Crippen LogP contribution >= 0.6 is 11.3 Å². The lowest BCUT2D eigenvalue weighted by molar-refractivity contribution is -0.111. The number of rotatable bonds is 4. The average Bonchev–Trinajstić information content (AvgIpc) is 3.05. The van der Waals surface area contributed by atoms with Crippen molar-refractivity contribution < 1.29 is 4.79 Å². The molecule has 0 aliphatic carbocycles. The number of hydrogen-bond donors (Lipinski definition) is 1. The van der Waals surface area contributed by atoms with Crippen LogP contribution in [-0.2, 0) is 4.79 Å². The zero-order valence-corrected chi connectivity index (χ0v) is 15.4. The molecule has 126 valence electrons. The summed E-state index contributed by atoms with van der Waals surface area (Å²) in [4.78, 5) is 16.6. The van der Waals surface area contributed by atoms with Crippen LogP contribution in [0.15, 0.2) is 53.9 Å². The van der Waals surface area contributed by atoms with Gasteiger partial charge in [-0.2, -0.15) is 0 Å². The van der Waals surface area contributed by atoms with E-state index in [1.165, 1.54) is 34.1 Å². The van der Waals surface area contributed by atoms with Crippen LogP contribution in [0, 0.1) is 20.8 Å². The van der Waals surface area contributed by atoms with E-state index in [9.17, 15) is 4.79 Å². The van der Waals surface area contributed by atoms with E-state index < -0.39 is 0 Å².